The summed E-state index contributed by atoms with van der Waals surface area (Å²) in [5.41, 5.74) is 1.63. The molecule has 0 aliphatic rings. The number of carbonyl (C=O) groups excluding carboxylic acids is 1. The summed E-state index contributed by atoms with van der Waals surface area (Å²) in [6, 6.07) is 11.7. The Hall–Kier alpha value is -2.36. The average Bonchev–Trinajstić information content (AvgIpc) is 2.85. The molecule has 4 nitrogen and oxygen atoms in total. The molecule has 0 aliphatic heterocycles. The van der Waals surface area contributed by atoms with Crippen molar-refractivity contribution in [3.63, 3.8) is 0 Å². The highest BCUT2D eigenvalue weighted by Crippen LogP contribution is 2.24. The molecule has 0 heterocycles. The van der Waals surface area contributed by atoms with Crippen molar-refractivity contribution < 1.29 is 14.7 Å². The van der Waals surface area contributed by atoms with Gasteiger partial charge in [-0.15, -0.1) is 0 Å². The normalized spacial score (nSPS) is 11.1. The lowest BCUT2D eigenvalue weighted by Gasteiger charge is -2.17. The fourth-order valence-electron chi connectivity index (χ4n) is 4.74. The van der Waals surface area contributed by atoms with Crippen LogP contribution in [0.3, 0.4) is 0 Å². The number of nitrogens with zero attached hydrogens (tertiary/aromatic N) is 1. The van der Waals surface area contributed by atoms with E-state index in [0.717, 1.165) is 34.9 Å². The minimum absolute atomic E-state index is 0.0403. The Morgan fingerprint density at radius 3 is 1.71 bits per heavy atom. The van der Waals surface area contributed by atoms with Gasteiger partial charge in [0.05, 0.1) is 0 Å². The lowest BCUT2D eigenvalue weighted by Crippen LogP contribution is -2.24. The van der Waals surface area contributed by atoms with Gasteiger partial charge in [-0.05, 0) is 35.4 Å². The largest absolute Gasteiger partial charge is 0.480 e. The van der Waals surface area contributed by atoms with Crippen molar-refractivity contribution in [2.75, 3.05) is 18.5 Å². The third kappa shape index (κ3) is 11.7. The first kappa shape index (κ1) is 28.9. The number of carboxylic acids is 1. The Morgan fingerprint density at radius 2 is 1.17 bits per heavy atom. The van der Waals surface area contributed by atoms with Crippen molar-refractivity contribution in [1.29, 1.82) is 0 Å². The fourth-order valence-corrected chi connectivity index (χ4v) is 4.74. The van der Waals surface area contributed by atoms with Gasteiger partial charge in [-0.1, -0.05) is 115 Å². The van der Waals surface area contributed by atoms with Gasteiger partial charge in [-0.3, -0.25) is 9.59 Å². The molecule has 194 valence electrons. The topological polar surface area (TPSA) is 57.6 Å². The highest BCUT2D eigenvalue weighted by atomic mass is 16.4. The molecule has 0 radical (unpaired) electrons. The van der Waals surface area contributed by atoms with Crippen molar-refractivity contribution in [2.24, 2.45) is 0 Å². The van der Waals surface area contributed by atoms with E-state index in [1.165, 1.54) is 83.5 Å². The van der Waals surface area contributed by atoms with Crippen LogP contribution in [0, 0.1) is 0 Å². The predicted molar refractivity (Wildman–Crippen MR) is 149 cm³/mol. The fraction of sp³-hybridized carbons (Fsp3) is 0.613. The summed E-state index contributed by atoms with van der Waals surface area (Å²) in [6.45, 7) is 2.23. The van der Waals surface area contributed by atoms with Gasteiger partial charge in [0.2, 0.25) is 0 Å². The summed E-state index contributed by atoms with van der Waals surface area (Å²) in [7, 11) is 1.77. The van der Waals surface area contributed by atoms with E-state index in [9.17, 15) is 9.59 Å². The Bertz CT molecular complexity index is 892. The molecule has 0 aliphatic carbocycles. The molecule has 0 fully saturated rings. The second-order valence-electron chi connectivity index (χ2n) is 10.1. The lowest BCUT2D eigenvalue weighted by atomic mass is 9.99. The van der Waals surface area contributed by atoms with E-state index in [1.807, 2.05) is 36.4 Å². The number of likely N-dealkylation sites (N-methyl/N-ethyl adjacent to an activating group) is 1. The molecule has 35 heavy (non-hydrogen) atoms. The molecule has 0 unspecified atom stereocenters. The van der Waals surface area contributed by atoms with Crippen molar-refractivity contribution in [3.8, 4) is 0 Å². The SMILES string of the molecule is CCCCCCCCCCCCCCCCCC(=O)c1ccc2cc(N(C)CC(=O)O)ccc2c1. The zero-order chi connectivity index (χ0) is 25.3. The lowest BCUT2D eigenvalue weighted by molar-refractivity contribution is -0.135. The van der Waals surface area contributed by atoms with Crippen LogP contribution in [0.5, 0.6) is 0 Å². The van der Waals surface area contributed by atoms with Gasteiger partial charge in [0, 0.05) is 24.7 Å². The number of aliphatic carboxylic acids is 1. The van der Waals surface area contributed by atoms with E-state index in [0.29, 0.717) is 6.42 Å². The molecule has 2 aromatic carbocycles. The number of ketones is 1. The molecular weight excluding hydrogens is 434 g/mol. The highest BCUT2D eigenvalue weighted by Gasteiger charge is 2.09. The average molecular weight is 482 g/mol. The second kappa shape index (κ2) is 17.1. The number of Topliss-reactive ketones (excluding diaryl/α,β-unsaturated/α-hetero) is 1. The van der Waals surface area contributed by atoms with Crippen LogP contribution >= 0.6 is 0 Å². The zero-order valence-corrected chi connectivity index (χ0v) is 22.2. The maximum atomic E-state index is 12.6. The van der Waals surface area contributed by atoms with Gasteiger partial charge < -0.3 is 10.0 Å². The van der Waals surface area contributed by atoms with Gasteiger partial charge in [-0.25, -0.2) is 0 Å². The number of hydrogen-bond acceptors (Lipinski definition) is 3. The number of fused-ring (bicyclic) bond motifs is 1. The molecule has 0 amide bonds. The van der Waals surface area contributed by atoms with E-state index in [2.05, 4.69) is 6.92 Å². The third-order valence-electron chi connectivity index (χ3n) is 6.97. The number of rotatable bonds is 20. The van der Waals surface area contributed by atoms with Crippen LogP contribution in [-0.4, -0.2) is 30.5 Å². The zero-order valence-electron chi connectivity index (χ0n) is 22.2. The van der Waals surface area contributed by atoms with Crippen LogP contribution in [0.15, 0.2) is 36.4 Å². The molecule has 0 saturated carbocycles. The highest BCUT2D eigenvalue weighted by molar-refractivity contribution is 6.00. The molecule has 0 spiro atoms. The molecule has 0 aromatic heterocycles. The van der Waals surface area contributed by atoms with Crippen LogP contribution < -0.4 is 4.90 Å². The van der Waals surface area contributed by atoms with Gasteiger partial charge in [0.1, 0.15) is 6.54 Å². The summed E-state index contributed by atoms with van der Waals surface area (Å²) in [6.07, 6.45) is 20.5. The minimum atomic E-state index is -0.854. The Labute approximate surface area is 213 Å². The predicted octanol–water partition coefficient (Wildman–Crippen LogP) is 8.80. The Kier molecular flexibility index (Phi) is 14.1. The van der Waals surface area contributed by atoms with E-state index in [1.54, 1.807) is 11.9 Å². The number of benzene rings is 2. The monoisotopic (exact) mass is 481 g/mol. The van der Waals surface area contributed by atoms with E-state index >= 15 is 0 Å². The van der Waals surface area contributed by atoms with Crippen molar-refractivity contribution in [1.82, 2.24) is 0 Å². The van der Waals surface area contributed by atoms with Gasteiger partial charge in [0.15, 0.2) is 5.78 Å². The summed E-state index contributed by atoms with van der Waals surface area (Å²) in [5.74, 6) is -0.638. The molecule has 2 rings (SSSR count). The summed E-state index contributed by atoms with van der Waals surface area (Å²) in [4.78, 5) is 25.3. The maximum Gasteiger partial charge on any atom is 0.323 e. The van der Waals surface area contributed by atoms with E-state index < -0.39 is 5.97 Å². The van der Waals surface area contributed by atoms with Crippen molar-refractivity contribution in [2.45, 2.75) is 110 Å². The van der Waals surface area contributed by atoms with E-state index in [4.69, 9.17) is 5.11 Å². The standard InChI is InChI=1S/C31H47NO3/c1-3-4-5-6-7-8-9-10-11-12-13-14-15-16-17-18-30(33)28-20-19-27-24-29(22-21-26(27)23-28)32(2)25-31(34)35/h19-24H,3-18,25H2,1-2H3,(H,34,35). The molecule has 4 heteroatoms. The second-order valence-corrected chi connectivity index (χ2v) is 10.1. The molecule has 0 saturated heterocycles. The van der Waals surface area contributed by atoms with Gasteiger partial charge >= 0.3 is 5.97 Å². The summed E-state index contributed by atoms with van der Waals surface area (Å²) < 4.78 is 0. The molecule has 0 atom stereocenters. The smallest absolute Gasteiger partial charge is 0.323 e. The molecule has 2 aromatic rings. The first-order chi connectivity index (χ1) is 17.0. The maximum absolute atomic E-state index is 12.6. The van der Waals surface area contributed by atoms with Crippen LogP contribution in [0.1, 0.15) is 120 Å². The van der Waals surface area contributed by atoms with Crippen LogP contribution in [0.25, 0.3) is 10.8 Å². The molecular formula is C31H47NO3. The van der Waals surface area contributed by atoms with Crippen molar-refractivity contribution >= 4 is 28.2 Å². The van der Waals surface area contributed by atoms with Crippen LogP contribution in [0.2, 0.25) is 0 Å². The number of carboxylic acid groups (broad SMARTS) is 1. The Balaban J connectivity index is 1.56. The van der Waals surface area contributed by atoms with Gasteiger partial charge in [-0.2, -0.15) is 0 Å². The van der Waals surface area contributed by atoms with Crippen LogP contribution in [0.4, 0.5) is 5.69 Å². The number of hydrogen-bond donors (Lipinski definition) is 1. The number of unbranched alkanes of at least 4 members (excludes halogenated alkanes) is 14. The molecule has 0 bridgehead atoms. The summed E-state index contributed by atoms with van der Waals surface area (Å²) >= 11 is 0. The number of carbonyl (C=O) groups is 2. The third-order valence-corrected chi connectivity index (χ3v) is 6.97. The Morgan fingerprint density at radius 1 is 0.686 bits per heavy atom. The minimum Gasteiger partial charge on any atom is -0.480 e. The summed E-state index contributed by atoms with van der Waals surface area (Å²) in [5, 5.41) is 11.0. The first-order valence-corrected chi connectivity index (χ1v) is 14.0. The molecule has 1 N–H and O–H groups in total. The van der Waals surface area contributed by atoms with Crippen LogP contribution in [-0.2, 0) is 4.79 Å². The quantitative estimate of drug-likeness (QED) is 0.152. The van der Waals surface area contributed by atoms with Gasteiger partial charge in [0.25, 0.3) is 0 Å². The van der Waals surface area contributed by atoms with E-state index in [-0.39, 0.29) is 12.3 Å². The first-order valence-electron chi connectivity index (χ1n) is 14.0. The van der Waals surface area contributed by atoms with Crippen molar-refractivity contribution in [3.05, 3.63) is 42.0 Å². The number of anilines is 1.